The molecule has 9 heteroatoms. The fraction of sp³-hybridized carbons (Fsp3) is 0.667. The van der Waals surface area contributed by atoms with E-state index in [0.717, 1.165) is 10.7 Å². The van der Waals surface area contributed by atoms with Crippen LogP contribution in [0, 0.1) is 12.8 Å². The van der Waals surface area contributed by atoms with Crippen molar-refractivity contribution in [2.75, 3.05) is 20.1 Å². The number of hydrogen-bond acceptors (Lipinski definition) is 5. The predicted octanol–water partition coefficient (Wildman–Crippen LogP) is 0.925. The van der Waals surface area contributed by atoms with Crippen LogP contribution >= 0.6 is 11.3 Å². The fourth-order valence-electron chi connectivity index (χ4n) is 2.32. The Hall–Kier alpha value is -1.03. The number of aromatic nitrogens is 1. The summed E-state index contributed by atoms with van der Waals surface area (Å²) in [6, 6.07) is 0. The quantitative estimate of drug-likeness (QED) is 0.865. The Kier molecular flexibility index (Phi) is 4.97. The van der Waals surface area contributed by atoms with Crippen LogP contribution in [0.1, 0.15) is 23.5 Å². The van der Waals surface area contributed by atoms with Gasteiger partial charge in [0, 0.05) is 25.5 Å². The minimum absolute atomic E-state index is 0.228. The third kappa shape index (κ3) is 3.79. The van der Waals surface area contributed by atoms with Gasteiger partial charge < -0.3 is 5.11 Å². The molecule has 0 aromatic carbocycles. The summed E-state index contributed by atoms with van der Waals surface area (Å²) in [5, 5.41) is 11.7. The molecule has 118 valence electrons. The second-order valence-electron chi connectivity index (χ2n) is 5.13. The van der Waals surface area contributed by atoms with Crippen LogP contribution in [0.15, 0.2) is 5.38 Å². The number of aliphatic carboxylic acids is 1. The summed E-state index contributed by atoms with van der Waals surface area (Å²) in [7, 11) is -2.04. The van der Waals surface area contributed by atoms with Crippen molar-refractivity contribution in [3.05, 3.63) is 16.1 Å². The first-order chi connectivity index (χ1) is 9.80. The molecule has 0 saturated carbocycles. The van der Waals surface area contributed by atoms with Crippen molar-refractivity contribution in [3.63, 3.8) is 0 Å². The van der Waals surface area contributed by atoms with Crippen molar-refractivity contribution in [1.82, 2.24) is 13.6 Å². The summed E-state index contributed by atoms with van der Waals surface area (Å²) in [5.41, 5.74) is 0.726. The molecule has 1 aliphatic rings. The van der Waals surface area contributed by atoms with E-state index in [4.69, 9.17) is 5.11 Å². The van der Waals surface area contributed by atoms with Crippen LogP contribution in [0.3, 0.4) is 0 Å². The van der Waals surface area contributed by atoms with E-state index >= 15 is 0 Å². The molecule has 0 amide bonds. The lowest BCUT2D eigenvalue weighted by Crippen LogP contribution is -2.46. The minimum Gasteiger partial charge on any atom is -0.481 e. The van der Waals surface area contributed by atoms with E-state index in [1.807, 2.05) is 12.3 Å². The molecule has 0 bridgehead atoms. The van der Waals surface area contributed by atoms with E-state index in [9.17, 15) is 13.2 Å². The van der Waals surface area contributed by atoms with E-state index in [-0.39, 0.29) is 19.6 Å². The average Bonchev–Trinajstić information content (AvgIpc) is 2.84. The molecule has 1 N–H and O–H groups in total. The van der Waals surface area contributed by atoms with Crippen LogP contribution in [0.2, 0.25) is 0 Å². The Labute approximate surface area is 128 Å². The normalized spacial score (nSPS) is 18.2. The molecule has 1 aliphatic heterocycles. The molecule has 21 heavy (non-hydrogen) atoms. The maximum absolute atomic E-state index is 12.5. The second kappa shape index (κ2) is 6.39. The van der Waals surface area contributed by atoms with E-state index in [1.54, 1.807) is 0 Å². The molecular weight excluding hydrogens is 314 g/mol. The van der Waals surface area contributed by atoms with Gasteiger partial charge in [-0.2, -0.15) is 17.0 Å². The topological polar surface area (TPSA) is 90.8 Å². The van der Waals surface area contributed by atoms with Gasteiger partial charge in [0.25, 0.3) is 10.2 Å². The molecule has 0 atom stereocenters. The molecular formula is C12H19N3O4S2. The van der Waals surface area contributed by atoms with Gasteiger partial charge in [-0.25, -0.2) is 4.98 Å². The van der Waals surface area contributed by atoms with Gasteiger partial charge in [-0.05, 0) is 19.8 Å². The van der Waals surface area contributed by atoms with Gasteiger partial charge in [0.15, 0.2) is 0 Å². The van der Waals surface area contributed by atoms with Crippen molar-refractivity contribution in [1.29, 1.82) is 0 Å². The lowest BCUT2D eigenvalue weighted by molar-refractivity contribution is -0.142. The van der Waals surface area contributed by atoms with Crippen LogP contribution in [-0.2, 0) is 21.5 Å². The van der Waals surface area contributed by atoms with Crippen LogP contribution in [0.5, 0.6) is 0 Å². The van der Waals surface area contributed by atoms with E-state index < -0.39 is 22.1 Å². The third-order valence-corrected chi connectivity index (χ3v) is 6.33. The molecule has 2 heterocycles. The Balaban J connectivity index is 1.99. The number of hydrogen-bond donors (Lipinski definition) is 1. The molecule has 1 aromatic rings. The molecule has 0 radical (unpaired) electrons. The maximum atomic E-state index is 12.5. The molecule has 0 aliphatic carbocycles. The van der Waals surface area contributed by atoms with Gasteiger partial charge in [0.1, 0.15) is 0 Å². The zero-order valence-electron chi connectivity index (χ0n) is 12.0. The van der Waals surface area contributed by atoms with Crippen LogP contribution in [0.25, 0.3) is 0 Å². The van der Waals surface area contributed by atoms with Crippen LogP contribution in [0.4, 0.5) is 0 Å². The highest BCUT2D eigenvalue weighted by Crippen LogP contribution is 2.22. The van der Waals surface area contributed by atoms with Gasteiger partial charge in [0.2, 0.25) is 0 Å². The maximum Gasteiger partial charge on any atom is 0.306 e. The second-order valence-corrected chi connectivity index (χ2v) is 8.23. The minimum atomic E-state index is -3.56. The highest BCUT2D eigenvalue weighted by molar-refractivity contribution is 7.86. The fourth-order valence-corrected chi connectivity index (χ4v) is 4.29. The average molecular weight is 333 g/mol. The largest absolute Gasteiger partial charge is 0.481 e. The lowest BCUT2D eigenvalue weighted by atomic mass is 9.99. The number of carboxylic acid groups (broad SMARTS) is 1. The number of carbonyl (C=O) groups is 1. The first-order valence-corrected chi connectivity index (χ1v) is 8.93. The van der Waals surface area contributed by atoms with Gasteiger partial charge in [-0.15, -0.1) is 11.3 Å². The molecule has 1 aromatic heterocycles. The smallest absolute Gasteiger partial charge is 0.306 e. The number of rotatable bonds is 5. The summed E-state index contributed by atoms with van der Waals surface area (Å²) in [6.07, 6.45) is 0.719. The Morgan fingerprint density at radius 1 is 1.52 bits per heavy atom. The molecule has 1 saturated heterocycles. The zero-order valence-corrected chi connectivity index (χ0v) is 13.7. The number of carboxylic acids is 1. The SMILES string of the molecule is Cc1nc(CN(C)S(=O)(=O)N2CCC(C(=O)O)CC2)cs1. The zero-order chi connectivity index (χ0) is 15.6. The Morgan fingerprint density at radius 3 is 2.62 bits per heavy atom. The number of aryl methyl sites for hydroxylation is 1. The molecule has 0 unspecified atom stereocenters. The van der Waals surface area contributed by atoms with Crippen molar-refractivity contribution < 1.29 is 18.3 Å². The first-order valence-electron chi connectivity index (χ1n) is 6.66. The Bertz CT molecular complexity index is 606. The van der Waals surface area contributed by atoms with Crippen molar-refractivity contribution in [2.45, 2.75) is 26.3 Å². The van der Waals surface area contributed by atoms with Crippen molar-refractivity contribution >= 4 is 27.5 Å². The van der Waals surface area contributed by atoms with Crippen molar-refractivity contribution in [2.24, 2.45) is 5.92 Å². The number of piperidine rings is 1. The standard InChI is InChI=1S/C12H19N3O4S2/c1-9-13-11(8-20-9)7-14(2)21(18,19)15-5-3-10(4-6-15)12(16)17/h8,10H,3-7H2,1-2H3,(H,16,17). The van der Waals surface area contributed by atoms with Gasteiger partial charge in [-0.1, -0.05) is 0 Å². The third-order valence-electron chi connectivity index (χ3n) is 3.57. The summed E-state index contributed by atoms with van der Waals surface area (Å²) >= 11 is 1.48. The van der Waals surface area contributed by atoms with Gasteiger partial charge in [0.05, 0.1) is 23.2 Å². The molecule has 2 rings (SSSR count). The number of thiazole rings is 1. The van der Waals surface area contributed by atoms with Gasteiger partial charge >= 0.3 is 5.97 Å². The lowest BCUT2D eigenvalue weighted by Gasteiger charge is -2.32. The first kappa shape index (κ1) is 16.3. The van der Waals surface area contributed by atoms with Crippen LogP contribution < -0.4 is 0 Å². The summed E-state index contributed by atoms with van der Waals surface area (Å²) in [4.78, 5) is 15.2. The highest BCUT2D eigenvalue weighted by Gasteiger charge is 2.33. The summed E-state index contributed by atoms with van der Waals surface area (Å²) < 4.78 is 27.5. The summed E-state index contributed by atoms with van der Waals surface area (Å²) in [6.45, 7) is 2.60. The molecule has 7 nitrogen and oxygen atoms in total. The molecule has 0 spiro atoms. The van der Waals surface area contributed by atoms with Crippen molar-refractivity contribution in [3.8, 4) is 0 Å². The van der Waals surface area contributed by atoms with E-state index in [1.165, 1.54) is 27.0 Å². The van der Waals surface area contributed by atoms with Crippen LogP contribution in [-0.4, -0.2) is 53.2 Å². The monoisotopic (exact) mass is 333 g/mol. The molecule has 1 fully saturated rings. The van der Waals surface area contributed by atoms with E-state index in [0.29, 0.717) is 12.8 Å². The van der Waals surface area contributed by atoms with E-state index in [2.05, 4.69) is 4.98 Å². The Morgan fingerprint density at radius 2 is 2.14 bits per heavy atom. The summed E-state index contributed by atoms with van der Waals surface area (Å²) in [5.74, 6) is -1.29. The predicted molar refractivity (Wildman–Crippen MR) is 79.2 cm³/mol. The number of nitrogens with zero attached hydrogens (tertiary/aromatic N) is 3. The highest BCUT2D eigenvalue weighted by atomic mass is 32.2. The van der Waals surface area contributed by atoms with Gasteiger partial charge in [-0.3, -0.25) is 4.79 Å².